The van der Waals surface area contributed by atoms with Crippen molar-refractivity contribution in [2.45, 2.75) is 52.4 Å². The summed E-state index contributed by atoms with van der Waals surface area (Å²) in [4.78, 5) is 7.29. The van der Waals surface area contributed by atoms with E-state index in [1.807, 2.05) is 24.3 Å². The molecule has 3 heterocycles. The Morgan fingerprint density at radius 1 is 0.821 bits per heavy atom. The lowest BCUT2D eigenvalue weighted by atomic mass is 10.1. The second kappa shape index (κ2) is 11.7. The predicted octanol–water partition coefficient (Wildman–Crippen LogP) is 6.91. The van der Waals surface area contributed by atoms with Crippen LogP contribution >= 0.6 is 11.6 Å². The third kappa shape index (κ3) is 5.77. The molecule has 3 aromatic carbocycles. The molecule has 4 aromatic rings. The zero-order valence-electron chi connectivity index (χ0n) is 22.4. The van der Waals surface area contributed by atoms with Crippen LogP contribution in [0.4, 0.5) is 0 Å². The lowest BCUT2D eigenvalue weighted by molar-refractivity contribution is 0.170. The molecule has 0 N–H and O–H groups in total. The monoisotopic (exact) mass is 543 g/mol. The van der Waals surface area contributed by atoms with E-state index < -0.39 is 0 Å². The van der Waals surface area contributed by atoms with Crippen LogP contribution in [0.1, 0.15) is 42.1 Å². The van der Waals surface area contributed by atoms with E-state index in [4.69, 9.17) is 30.8 Å². The Kier molecular flexibility index (Phi) is 7.75. The summed E-state index contributed by atoms with van der Waals surface area (Å²) in [6.45, 7) is 7.20. The Labute approximate surface area is 235 Å². The van der Waals surface area contributed by atoms with Gasteiger partial charge in [-0.3, -0.25) is 4.90 Å². The summed E-state index contributed by atoms with van der Waals surface area (Å²) < 4.78 is 19.7. The fourth-order valence-corrected chi connectivity index (χ4v) is 5.63. The molecule has 0 bridgehead atoms. The van der Waals surface area contributed by atoms with Gasteiger partial charge in [-0.1, -0.05) is 73.5 Å². The molecule has 6 rings (SSSR count). The van der Waals surface area contributed by atoms with E-state index in [0.717, 1.165) is 79.8 Å². The minimum absolute atomic E-state index is 0.569. The van der Waals surface area contributed by atoms with Gasteiger partial charge in [-0.15, -0.1) is 0 Å². The van der Waals surface area contributed by atoms with Crippen molar-refractivity contribution in [3.05, 3.63) is 94.3 Å². The Hall–Kier alpha value is -3.48. The average Bonchev–Trinajstić information content (AvgIpc) is 3.56. The minimum atomic E-state index is 0.569. The lowest BCUT2D eigenvalue weighted by Crippen LogP contribution is -2.25. The number of hydrogen-bond donors (Lipinski definition) is 0. The maximum atomic E-state index is 6.89. The molecule has 7 heteroatoms. The molecule has 1 aromatic heterocycles. The molecule has 6 nitrogen and oxygen atoms in total. The summed E-state index contributed by atoms with van der Waals surface area (Å²) in [5.41, 5.74) is 5.84. The van der Waals surface area contributed by atoms with Gasteiger partial charge in [0.1, 0.15) is 24.8 Å². The van der Waals surface area contributed by atoms with E-state index >= 15 is 0 Å². The smallest absolute Gasteiger partial charge is 0.161 e. The van der Waals surface area contributed by atoms with Crippen molar-refractivity contribution in [1.82, 2.24) is 14.5 Å². The van der Waals surface area contributed by atoms with Crippen LogP contribution < -0.4 is 14.2 Å². The standard InChI is InChI=1S/C32H34ClN3O3/c1-2-3-14-36-27(31(33)34-32(36)25-7-5-4-6-8-25)22-35(20-23-9-11-28-26(18-23)13-15-37-28)21-24-10-12-29-30(19-24)39-17-16-38-29/h4-12,18-19H,2-3,13-17,20-22H2,1H3. The zero-order chi connectivity index (χ0) is 26.6. The average molecular weight is 544 g/mol. The van der Waals surface area contributed by atoms with Gasteiger partial charge in [0.15, 0.2) is 16.7 Å². The van der Waals surface area contributed by atoms with Crippen molar-refractivity contribution >= 4 is 11.6 Å². The molecule has 0 radical (unpaired) electrons. The number of unbranched alkanes of at least 4 members (excludes halogenated alkanes) is 1. The van der Waals surface area contributed by atoms with Crippen LogP contribution in [0.15, 0.2) is 66.7 Å². The molecular formula is C32H34ClN3O3. The van der Waals surface area contributed by atoms with Crippen molar-refractivity contribution in [3.63, 3.8) is 0 Å². The molecule has 0 fully saturated rings. The molecule has 0 aliphatic carbocycles. The second-order valence-electron chi connectivity index (χ2n) is 10.2. The number of imidazole rings is 1. The van der Waals surface area contributed by atoms with Gasteiger partial charge < -0.3 is 18.8 Å². The summed E-state index contributed by atoms with van der Waals surface area (Å²) in [6.07, 6.45) is 3.12. The highest BCUT2D eigenvalue weighted by Gasteiger charge is 2.22. The van der Waals surface area contributed by atoms with E-state index in [9.17, 15) is 0 Å². The van der Waals surface area contributed by atoms with Crippen molar-refractivity contribution in [2.75, 3.05) is 19.8 Å². The molecule has 0 unspecified atom stereocenters. The molecule has 202 valence electrons. The van der Waals surface area contributed by atoms with E-state index in [1.54, 1.807) is 0 Å². The predicted molar refractivity (Wildman–Crippen MR) is 154 cm³/mol. The largest absolute Gasteiger partial charge is 0.493 e. The van der Waals surface area contributed by atoms with E-state index in [2.05, 4.69) is 58.9 Å². The van der Waals surface area contributed by atoms with Gasteiger partial charge in [-0.2, -0.15) is 0 Å². The van der Waals surface area contributed by atoms with Crippen molar-refractivity contribution in [1.29, 1.82) is 0 Å². The van der Waals surface area contributed by atoms with Crippen LogP contribution in [-0.2, 0) is 32.6 Å². The third-order valence-electron chi connectivity index (χ3n) is 7.34. The van der Waals surface area contributed by atoms with E-state index in [-0.39, 0.29) is 0 Å². The Morgan fingerprint density at radius 2 is 1.54 bits per heavy atom. The molecule has 0 spiro atoms. The van der Waals surface area contributed by atoms with Gasteiger partial charge >= 0.3 is 0 Å². The highest BCUT2D eigenvalue weighted by molar-refractivity contribution is 6.30. The van der Waals surface area contributed by atoms with Crippen LogP contribution in [0, 0.1) is 0 Å². The molecular weight excluding hydrogens is 510 g/mol. The van der Waals surface area contributed by atoms with E-state index in [1.165, 1.54) is 16.7 Å². The first-order valence-corrected chi connectivity index (χ1v) is 14.2. The van der Waals surface area contributed by atoms with Gasteiger partial charge in [-0.25, -0.2) is 4.98 Å². The number of hydrogen-bond acceptors (Lipinski definition) is 5. The van der Waals surface area contributed by atoms with Gasteiger partial charge in [0.25, 0.3) is 0 Å². The van der Waals surface area contributed by atoms with Crippen LogP contribution in [0.25, 0.3) is 11.4 Å². The third-order valence-corrected chi connectivity index (χ3v) is 7.64. The minimum Gasteiger partial charge on any atom is -0.493 e. The van der Waals surface area contributed by atoms with Crippen LogP contribution in [-0.4, -0.2) is 34.3 Å². The summed E-state index contributed by atoms with van der Waals surface area (Å²) in [6, 6.07) is 23.1. The number of ether oxygens (including phenoxy) is 3. The summed E-state index contributed by atoms with van der Waals surface area (Å²) in [5.74, 6) is 3.55. The summed E-state index contributed by atoms with van der Waals surface area (Å²) in [5, 5.41) is 0.569. The van der Waals surface area contributed by atoms with Crippen LogP contribution in [0.2, 0.25) is 5.15 Å². The van der Waals surface area contributed by atoms with Gasteiger partial charge in [0, 0.05) is 38.2 Å². The highest BCUT2D eigenvalue weighted by Crippen LogP contribution is 2.33. The Balaban J connectivity index is 1.34. The first-order valence-electron chi connectivity index (χ1n) is 13.8. The number of aromatic nitrogens is 2. The maximum absolute atomic E-state index is 6.89. The molecule has 2 aliphatic heterocycles. The highest BCUT2D eigenvalue weighted by atomic mass is 35.5. The van der Waals surface area contributed by atoms with E-state index in [0.29, 0.717) is 24.9 Å². The SMILES string of the molecule is CCCCn1c(-c2ccccc2)nc(Cl)c1CN(Cc1ccc2c(c1)CCO2)Cc1ccc2c(c1)OCCO2. The summed E-state index contributed by atoms with van der Waals surface area (Å²) >= 11 is 6.89. The number of nitrogens with zero attached hydrogens (tertiary/aromatic N) is 3. The van der Waals surface area contributed by atoms with Crippen LogP contribution in [0.3, 0.4) is 0 Å². The number of rotatable bonds is 10. The fourth-order valence-electron chi connectivity index (χ4n) is 5.39. The molecule has 0 saturated heterocycles. The normalized spacial score (nSPS) is 13.9. The molecule has 0 amide bonds. The Bertz CT molecular complexity index is 1440. The molecule has 0 saturated carbocycles. The van der Waals surface area contributed by atoms with Crippen molar-refractivity contribution in [3.8, 4) is 28.6 Å². The maximum Gasteiger partial charge on any atom is 0.161 e. The molecule has 39 heavy (non-hydrogen) atoms. The van der Waals surface area contributed by atoms with Crippen molar-refractivity contribution in [2.24, 2.45) is 0 Å². The topological polar surface area (TPSA) is 48.8 Å². The number of fused-ring (bicyclic) bond motifs is 2. The Morgan fingerprint density at radius 3 is 2.33 bits per heavy atom. The number of halogens is 1. The summed E-state index contributed by atoms with van der Waals surface area (Å²) in [7, 11) is 0. The zero-order valence-corrected chi connectivity index (χ0v) is 23.1. The van der Waals surface area contributed by atoms with Crippen molar-refractivity contribution < 1.29 is 14.2 Å². The second-order valence-corrected chi connectivity index (χ2v) is 10.6. The molecule has 2 aliphatic rings. The number of benzene rings is 3. The first kappa shape index (κ1) is 25.8. The quantitative estimate of drug-likeness (QED) is 0.217. The first-order chi connectivity index (χ1) is 19.2. The molecule has 0 atom stereocenters. The van der Waals surface area contributed by atoms with Crippen LogP contribution in [0.5, 0.6) is 17.2 Å². The van der Waals surface area contributed by atoms with Gasteiger partial charge in [0.2, 0.25) is 0 Å². The fraction of sp³-hybridized carbons (Fsp3) is 0.344. The van der Waals surface area contributed by atoms with Gasteiger partial charge in [-0.05, 0) is 41.3 Å². The lowest BCUT2D eigenvalue weighted by Gasteiger charge is -2.25. The van der Waals surface area contributed by atoms with Gasteiger partial charge in [0.05, 0.1) is 12.3 Å².